The second kappa shape index (κ2) is 6.82. The second-order valence-electron chi connectivity index (χ2n) is 7.58. The smallest absolute Gasteiger partial charge is 0.412 e. The van der Waals surface area contributed by atoms with Gasteiger partial charge in [0.2, 0.25) is 0 Å². The first-order valence-electron chi connectivity index (χ1n) is 8.68. The molecule has 0 atom stereocenters. The number of aromatic nitrogens is 2. The number of amides is 2. The summed E-state index contributed by atoms with van der Waals surface area (Å²) in [6.45, 7) is 7.30. The van der Waals surface area contributed by atoms with Crippen LogP contribution in [0.1, 0.15) is 61.1 Å². The van der Waals surface area contributed by atoms with Gasteiger partial charge in [-0.25, -0.2) is 4.79 Å². The fourth-order valence-corrected chi connectivity index (χ4v) is 2.61. The van der Waals surface area contributed by atoms with Gasteiger partial charge in [0.1, 0.15) is 5.60 Å². The Hall–Kier alpha value is -2.83. The third kappa shape index (κ3) is 4.41. The lowest BCUT2D eigenvalue weighted by Gasteiger charge is -2.20. The molecular weight excluding hydrogens is 332 g/mol. The van der Waals surface area contributed by atoms with Crippen molar-refractivity contribution in [2.45, 2.75) is 52.1 Å². The van der Waals surface area contributed by atoms with Crippen LogP contribution in [0.15, 0.2) is 24.4 Å². The number of hydrogen-bond donors (Lipinski definition) is 3. The van der Waals surface area contributed by atoms with Crippen molar-refractivity contribution in [2.24, 2.45) is 0 Å². The van der Waals surface area contributed by atoms with Gasteiger partial charge in [-0.05, 0) is 58.2 Å². The molecule has 1 aromatic heterocycles. The molecule has 2 amide bonds. The van der Waals surface area contributed by atoms with Gasteiger partial charge in [-0.3, -0.25) is 15.2 Å². The Labute approximate surface area is 152 Å². The van der Waals surface area contributed by atoms with Crippen molar-refractivity contribution in [3.8, 4) is 0 Å². The maximum absolute atomic E-state index is 12.6. The quantitative estimate of drug-likeness (QED) is 0.765. The van der Waals surface area contributed by atoms with Crippen molar-refractivity contribution >= 4 is 23.4 Å². The summed E-state index contributed by atoms with van der Waals surface area (Å²) < 4.78 is 5.25. The molecule has 7 heteroatoms. The molecule has 0 saturated heterocycles. The van der Waals surface area contributed by atoms with Gasteiger partial charge in [0, 0.05) is 17.3 Å². The predicted octanol–water partition coefficient (Wildman–Crippen LogP) is 4.19. The lowest BCUT2D eigenvalue weighted by molar-refractivity contribution is 0.0636. The minimum Gasteiger partial charge on any atom is -0.444 e. The second-order valence-corrected chi connectivity index (χ2v) is 7.58. The van der Waals surface area contributed by atoms with Crippen LogP contribution in [-0.2, 0) is 4.74 Å². The highest BCUT2D eigenvalue weighted by atomic mass is 16.6. The Morgan fingerprint density at radius 3 is 2.62 bits per heavy atom. The molecule has 0 spiro atoms. The topological polar surface area (TPSA) is 96.1 Å². The number of ether oxygens (including phenoxy) is 1. The van der Waals surface area contributed by atoms with E-state index in [9.17, 15) is 9.59 Å². The molecule has 1 heterocycles. The van der Waals surface area contributed by atoms with Gasteiger partial charge in [0.15, 0.2) is 0 Å². The van der Waals surface area contributed by atoms with Crippen molar-refractivity contribution in [3.63, 3.8) is 0 Å². The number of carbonyl (C=O) groups is 2. The fourth-order valence-electron chi connectivity index (χ4n) is 2.61. The number of nitrogens with zero attached hydrogens (tertiary/aromatic N) is 1. The molecule has 26 heavy (non-hydrogen) atoms. The highest BCUT2D eigenvalue weighted by Gasteiger charge is 2.30. The fraction of sp³-hybridized carbons (Fsp3) is 0.421. The molecule has 3 N–H and O–H groups in total. The van der Waals surface area contributed by atoms with E-state index in [-0.39, 0.29) is 5.91 Å². The monoisotopic (exact) mass is 356 g/mol. The van der Waals surface area contributed by atoms with Crippen LogP contribution in [0.3, 0.4) is 0 Å². The Kier molecular flexibility index (Phi) is 4.71. The van der Waals surface area contributed by atoms with Gasteiger partial charge in [-0.1, -0.05) is 6.07 Å². The number of hydrogen-bond acceptors (Lipinski definition) is 4. The summed E-state index contributed by atoms with van der Waals surface area (Å²) in [5.74, 6) is 0.192. The lowest BCUT2D eigenvalue weighted by atomic mass is 10.1. The number of benzene rings is 1. The highest BCUT2D eigenvalue weighted by molar-refractivity contribution is 6.05. The van der Waals surface area contributed by atoms with Crippen LogP contribution in [-0.4, -0.2) is 27.8 Å². The molecule has 0 unspecified atom stereocenters. The number of nitrogens with one attached hydrogen (secondary N) is 3. The zero-order chi connectivity index (χ0) is 18.9. The van der Waals surface area contributed by atoms with Crippen molar-refractivity contribution in [1.82, 2.24) is 10.2 Å². The van der Waals surface area contributed by atoms with Crippen molar-refractivity contribution in [1.29, 1.82) is 0 Å². The number of carbonyl (C=O) groups excluding carboxylic acids is 2. The molecule has 138 valence electrons. The van der Waals surface area contributed by atoms with E-state index in [4.69, 9.17) is 4.74 Å². The van der Waals surface area contributed by atoms with Gasteiger partial charge in [0.25, 0.3) is 5.91 Å². The average Bonchev–Trinajstić information content (AvgIpc) is 3.25. The van der Waals surface area contributed by atoms with Crippen molar-refractivity contribution < 1.29 is 14.3 Å². The van der Waals surface area contributed by atoms with E-state index >= 15 is 0 Å². The van der Waals surface area contributed by atoms with Crippen LogP contribution in [0.4, 0.5) is 16.2 Å². The molecule has 1 aliphatic rings. The van der Waals surface area contributed by atoms with Crippen LogP contribution in [0.25, 0.3) is 0 Å². The van der Waals surface area contributed by atoms with Gasteiger partial charge >= 0.3 is 6.09 Å². The maximum atomic E-state index is 12.6. The summed E-state index contributed by atoms with van der Waals surface area (Å²) in [5.41, 5.74) is 2.96. The number of anilines is 2. The molecule has 1 saturated carbocycles. The summed E-state index contributed by atoms with van der Waals surface area (Å²) in [7, 11) is 0. The third-order valence-electron chi connectivity index (χ3n) is 4.03. The molecule has 2 aromatic rings. The Bertz CT molecular complexity index is 832. The molecule has 3 rings (SSSR count). The number of rotatable bonds is 4. The molecule has 0 bridgehead atoms. The van der Waals surface area contributed by atoms with Crippen LogP contribution >= 0.6 is 0 Å². The SMILES string of the molecule is Cc1ccc(NC(=O)OC(C)(C)C)cc1NC(=O)c1cn[nH]c1C1CC1. The number of aryl methyl sites for hydroxylation is 1. The zero-order valence-corrected chi connectivity index (χ0v) is 15.5. The highest BCUT2D eigenvalue weighted by Crippen LogP contribution is 2.40. The maximum Gasteiger partial charge on any atom is 0.412 e. The molecule has 0 aliphatic heterocycles. The van der Waals surface area contributed by atoms with Gasteiger partial charge in [-0.15, -0.1) is 0 Å². The number of aromatic amines is 1. The van der Waals surface area contributed by atoms with E-state index in [0.717, 1.165) is 24.1 Å². The van der Waals surface area contributed by atoms with Crippen LogP contribution in [0, 0.1) is 6.92 Å². The third-order valence-corrected chi connectivity index (χ3v) is 4.03. The predicted molar refractivity (Wildman–Crippen MR) is 99.6 cm³/mol. The van der Waals surface area contributed by atoms with Gasteiger partial charge < -0.3 is 10.1 Å². The van der Waals surface area contributed by atoms with E-state index < -0.39 is 11.7 Å². The molecule has 1 fully saturated rings. The summed E-state index contributed by atoms with van der Waals surface area (Å²) >= 11 is 0. The Balaban J connectivity index is 1.72. The first kappa shape index (κ1) is 18.0. The van der Waals surface area contributed by atoms with E-state index in [1.165, 1.54) is 0 Å². The summed E-state index contributed by atoms with van der Waals surface area (Å²) in [4.78, 5) is 24.5. The first-order valence-corrected chi connectivity index (χ1v) is 8.68. The zero-order valence-electron chi connectivity index (χ0n) is 15.5. The molecule has 1 aromatic carbocycles. The minimum atomic E-state index is -0.577. The Morgan fingerprint density at radius 2 is 1.96 bits per heavy atom. The van der Waals surface area contributed by atoms with E-state index in [0.29, 0.717) is 22.9 Å². The minimum absolute atomic E-state index is 0.210. The van der Waals surface area contributed by atoms with Gasteiger partial charge in [0.05, 0.1) is 17.5 Å². The van der Waals surface area contributed by atoms with Crippen molar-refractivity contribution in [3.05, 3.63) is 41.2 Å². The van der Waals surface area contributed by atoms with Gasteiger partial charge in [-0.2, -0.15) is 5.10 Å². The van der Waals surface area contributed by atoms with E-state index in [2.05, 4.69) is 20.8 Å². The van der Waals surface area contributed by atoms with E-state index in [1.54, 1.807) is 39.1 Å². The largest absolute Gasteiger partial charge is 0.444 e. The number of H-pyrrole nitrogens is 1. The standard InChI is InChI=1S/C19H24N4O3/c1-11-5-8-13(21-18(25)26-19(2,3)4)9-15(11)22-17(24)14-10-20-23-16(14)12-6-7-12/h5,8-10,12H,6-7H2,1-4H3,(H,20,23)(H,21,25)(H,22,24). The summed E-state index contributed by atoms with van der Waals surface area (Å²) in [6, 6.07) is 5.32. The van der Waals surface area contributed by atoms with Crippen LogP contribution in [0.5, 0.6) is 0 Å². The molecular formula is C19H24N4O3. The van der Waals surface area contributed by atoms with Crippen molar-refractivity contribution in [2.75, 3.05) is 10.6 Å². The molecule has 1 aliphatic carbocycles. The van der Waals surface area contributed by atoms with E-state index in [1.807, 2.05) is 13.0 Å². The average molecular weight is 356 g/mol. The molecule has 0 radical (unpaired) electrons. The Morgan fingerprint density at radius 1 is 1.23 bits per heavy atom. The van der Waals surface area contributed by atoms with Crippen LogP contribution in [0.2, 0.25) is 0 Å². The normalized spacial score (nSPS) is 14.0. The lowest BCUT2D eigenvalue weighted by Crippen LogP contribution is -2.27. The van der Waals surface area contributed by atoms with Crippen LogP contribution < -0.4 is 10.6 Å². The molecule has 7 nitrogen and oxygen atoms in total. The summed E-state index contributed by atoms with van der Waals surface area (Å²) in [5, 5.41) is 12.5. The summed E-state index contributed by atoms with van der Waals surface area (Å²) in [6.07, 6.45) is 3.18. The first-order chi connectivity index (χ1) is 12.2.